The molecule has 2 heterocycles. The molecule has 1 aromatic heterocycles. The molecule has 1 aliphatic rings. The fourth-order valence-electron chi connectivity index (χ4n) is 1.75. The van der Waals surface area contributed by atoms with E-state index < -0.39 is 0 Å². The van der Waals surface area contributed by atoms with E-state index in [-0.39, 0.29) is 0 Å². The normalized spacial score (nSPS) is 22.9. The van der Waals surface area contributed by atoms with Gasteiger partial charge in [-0.1, -0.05) is 0 Å². The summed E-state index contributed by atoms with van der Waals surface area (Å²) in [5.41, 5.74) is 1.12. The molecular weight excluding hydrogens is 272 g/mol. The van der Waals surface area contributed by atoms with Gasteiger partial charge in [0.2, 0.25) is 0 Å². The standard InChI is InChI=1S/C11H15BrN2S/c1-8(14-10-4-5-15-7-10)11-3-2-9(12)6-13-11/h2-3,6,8,10,14H,4-5,7H2,1H3/t8-,10-/m0/s1. The molecule has 2 rings (SSSR count). The first-order valence-corrected chi connectivity index (χ1v) is 7.16. The molecule has 0 spiro atoms. The summed E-state index contributed by atoms with van der Waals surface area (Å²) in [6.45, 7) is 2.18. The van der Waals surface area contributed by atoms with Crippen molar-refractivity contribution >= 4 is 27.7 Å². The lowest BCUT2D eigenvalue weighted by molar-refractivity contribution is 0.478. The Morgan fingerprint density at radius 1 is 1.60 bits per heavy atom. The van der Waals surface area contributed by atoms with Crippen LogP contribution < -0.4 is 5.32 Å². The summed E-state index contributed by atoms with van der Waals surface area (Å²) in [7, 11) is 0. The maximum Gasteiger partial charge on any atom is 0.0571 e. The van der Waals surface area contributed by atoms with Crippen molar-refractivity contribution in [3.63, 3.8) is 0 Å². The summed E-state index contributed by atoms with van der Waals surface area (Å²) < 4.78 is 1.04. The molecule has 15 heavy (non-hydrogen) atoms. The lowest BCUT2D eigenvalue weighted by Gasteiger charge is -2.18. The molecule has 0 radical (unpaired) electrons. The van der Waals surface area contributed by atoms with Gasteiger partial charge in [0.15, 0.2) is 0 Å². The molecule has 1 fully saturated rings. The second-order valence-electron chi connectivity index (χ2n) is 3.85. The van der Waals surface area contributed by atoms with E-state index in [1.807, 2.05) is 24.0 Å². The Labute approximate surface area is 103 Å². The molecule has 1 aromatic rings. The average molecular weight is 287 g/mol. The van der Waals surface area contributed by atoms with Gasteiger partial charge in [-0.3, -0.25) is 4.98 Å². The van der Waals surface area contributed by atoms with Crippen molar-refractivity contribution in [1.82, 2.24) is 10.3 Å². The Morgan fingerprint density at radius 3 is 3.07 bits per heavy atom. The summed E-state index contributed by atoms with van der Waals surface area (Å²) in [4.78, 5) is 4.40. The smallest absolute Gasteiger partial charge is 0.0571 e. The fourth-order valence-corrected chi connectivity index (χ4v) is 3.15. The van der Waals surface area contributed by atoms with Gasteiger partial charge in [0, 0.05) is 28.5 Å². The zero-order valence-electron chi connectivity index (χ0n) is 8.74. The maximum absolute atomic E-state index is 4.40. The summed E-state index contributed by atoms with van der Waals surface area (Å²) in [6.07, 6.45) is 3.14. The lowest BCUT2D eigenvalue weighted by atomic mass is 10.1. The van der Waals surface area contributed by atoms with E-state index in [0.29, 0.717) is 12.1 Å². The number of aromatic nitrogens is 1. The van der Waals surface area contributed by atoms with Crippen molar-refractivity contribution in [2.45, 2.75) is 25.4 Å². The molecule has 0 bridgehead atoms. The molecule has 1 N–H and O–H groups in total. The lowest BCUT2D eigenvalue weighted by Crippen LogP contribution is -2.31. The van der Waals surface area contributed by atoms with Crippen LogP contribution in [0.5, 0.6) is 0 Å². The molecule has 0 amide bonds. The molecule has 0 unspecified atom stereocenters. The monoisotopic (exact) mass is 286 g/mol. The molecule has 2 nitrogen and oxygen atoms in total. The topological polar surface area (TPSA) is 24.9 Å². The highest BCUT2D eigenvalue weighted by atomic mass is 79.9. The molecule has 1 saturated heterocycles. The second kappa shape index (κ2) is 5.32. The van der Waals surface area contributed by atoms with Crippen LogP contribution in [0.2, 0.25) is 0 Å². The van der Waals surface area contributed by atoms with Gasteiger partial charge in [-0.05, 0) is 47.2 Å². The first kappa shape index (κ1) is 11.4. The van der Waals surface area contributed by atoms with Gasteiger partial charge in [0.1, 0.15) is 0 Å². The van der Waals surface area contributed by atoms with E-state index >= 15 is 0 Å². The molecular formula is C11H15BrN2S. The number of nitrogens with zero attached hydrogens (tertiary/aromatic N) is 1. The van der Waals surface area contributed by atoms with E-state index in [9.17, 15) is 0 Å². The molecule has 1 aliphatic heterocycles. The number of halogens is 1. The van der Waals surface area contributed by atoms with Gasteiger partial charge in [-0.15, -0.1) is 0 Å². The maximum atomic E-state index is 4.40. The van der Waals surface area contributed by atoms with Crippen LogP contribution in [0.15, 0.2) is 22.8 Å². The van der Waals surface area contributed by atoms with E-state index in [1.54, 1.807) is 0 Å². The van der Waals surface area contributed by atoms with Crippen LogP contribution in [0.1, 0.15) is 25.1 Å². The number of nitrogens with one attached hydrogen (secondary N) is 1. The number of hydrogen-bond acceptors (Lipinski definition) is 3. The zero-order valence-corrected chi connectivity index (χ0v) is 11.1. The Kier molecular flexibility index (Phi) is 4.05. The van der Waals surface area contributed by atoms with E-state index in [0.717, 1.165) is 10.2 Å². The summed E-state index contributed by atoms with van der Waals surface area (Å²) in [5.74, 6) is 2.53. The van der Waals surface area contributed by atoms with E-state index in [2.05, 4.69) is 39.2 Å². The van der Waals surface area contributed by atoms with Crippen molar-refractivity contribution in [3.05, 3.63) is 28.5 Å². The largest absolute Gasteiger partial charge is 0.305 e. The summed E-state index contributed by atoms with van der Waals surface area (Å²) >= 11 is 5.43. The minimum Gasteiger partial charge on any atom is -0.305 e. The van der Waals surface area contributed by atoms with Gasteiger partial charge < -0.3 is 5.32 Å². The summed E-state index contributed by atoms with van der Waals surface area (Å²) in [6, 6.07) is 5.13. The highest BCUT2D eigenvalue weighted by Crippen LogP contribution is 2.20. The van der Waals surface area contributed by atoms with Crippen LogP contribution in [0.3, 0.4) is 0 Å². The van der Waals surface area contributed by atoms with Crippen LogP contribution in [-0.4, -0.2) is 22.5 Å². The average Bonchev–Trinajstić information content (AvgIpc) is 2.71. The van der Waals surface area contributed by atoms with Crippen molar-refractivity contribution in [1.29, 1.82) is 0 Å². The van der Waals surface area contributed by atoms with Crippen LogP contribution in [0.25, 0.3) is 0 Å². The number of pyridine rings is 1. The zero-order chi connectivity index (χ0) is 10.7. The Hall–Kier alpha value is -0.0600. The minimum atomic E-state index is 0.349. The SMILES string of the molecule is C[C@H](N[C@H]1CCSC1)c1ccc(Br)cn1. The van der Waals surface area contributed by atoms with Gasteiger partial charge in [-0.2, -0.15) is 11.8 Å². The minimum absolute atomic E-state index is 0.349. The highest BCUT2D eigenvalue weighted by molar-refractivity contribution is 9.10. The molecule has 0 saturated carbocycles. The Balaban J connectivity index is 1.94. The third-order valence-electron chi connectivity index (χ3n) is 2.61. The van der Waals surface area contributed by atoms with Gasteiger partial charge in [0.05, 0.1) is 5.69 Å². The van der Waals surface area contributed by atoms with Crippen molar-refractivity contribution in [2.24, 2.45) is 0 Å². The van der Waals surface area contributed by atoms with E-state index in [1.165, 1.54) is 17.9 Å². The molecule has 82 valence electrons. The second-order valence-corrected chi connectivity index (χ2v) is 5.92. The first-order chi connectivity index (χ1) is 7.25. The van der Waals surface area contributed by atoms with Gasteiger partial charge in [0.25, 0.3) is 0 Å². The third-order valence-corrected chi connectivity index (χ3v) is 4.24. The predicted octanol–water partition coefficient (Wildman–Crippen LogP) is 3.00. The number of rotatable bonds is 3. The quantitative estimate of drug-likeness (QED) is 0.925. The fraction of sp³-hybridized carbons (Fsp3) is 0.545. The Bertz CT molecular complexity index is 309. The van der Waals surface area contributed by atoms with Crippen LogP contribution in [0.4, 0.5) is 0 Å². The Morgan fingerprint density at radius 2 is 2.47 bits per heavy atom. The molecule has 4 heteroatoms. The summed E-state index contributed by atoms with van der Waals surface area (Å²) in [5, 5.41) is 3.62. The third kappa shape index (κ3) is 3.20. The van der Waals surface area contributed by atoms with Gasteiger partial charge in [-0.25, -0.2) is 0 Å². The first-order valence-electron chi connectivity index (χ1n) is 5.21. The molecule has 0 aromatic carbocycles. The van der Waals surface area contributed by atoms with Crippen LogP contribution in [-0.2, 0) is 0 Å². The highest BCUT2D eigenvalue weighted by Gasteiger charge is 2.18. The van der Waals surface area contributed by atoms with Crippen molar-refractivity contribution in [2.75, 3.05) is 11.5 Å². The van der Waals surface area contributed by atoms with E-state index in [4.69, 9.17) is 0 Å². The molecule has 0 aliphatic carbocycles. The van der Waals surface area contributed by atoms with Gasteiger partial charge >= 0.3 is 0 Å². The predicted molar refractivity (Wildman–Crippen MR) is 69.2 cm³/mol. The van der Waals surface area contributed by atoms with Crippen LogP contribution >= 0.6 is 27.7 Å². The number of thioether (sulfide) groups is 1. The van der Waals surface area contributed by atoms with Crippen LogP contribution in [0, 0.1) is 0 Å². The number of hydrogen-bond donors (Lipinski definition) is 1. The van der Waals surface area contributed by atoms with Crippen molar-refractivity contribution in [3.8, 4) is 0 Å². The van der Waals surface area contributed by atoms with Crippen molar-refractivity contribution < 1.29 is 0 Å². The molecule has 2 atom stereocenters.